The van der Waals surface area contributed by atoms with Gasteiger partial charge in [-0.15, -0.1) is 11.3 Å². The van der Waals surface area contributed by atoms with Crippen molar-refractivity contribution in [2.45, 2.75) is 38.5 Å². The van der Waals surface area contributed by atoms with Crippen LogP contribution in [0.15, 0.2) is 0 Å². The largest absolute Gasteiger partial charge is 0.375 e. The maximum atomic E-state index is 5.68. The van der Waals surface area contributed by atoms with Gasteiger partial charge in [-0.05, 0) is 6.42 Å². The fourth-order valence-electron chi connectivity index (χ4n) is 2.12. The summed E-state index contributed by atoms with van der Waals surface area (Å²) in [5, 5.41) is 0.722. The van der Waals surface area contributed by atoms with Gasteiger partial charge in [0, 0.05) is 16.2 Å². The lowest BCUT2D eigenvalue weighted by Crippen LogP contribution is -2.10. The van der Waals surface area contributed by atoms with Gasteiger partial charge in [0.2, 0.25) is 0 Å². The highest BCUT2D eigenvalue weighted by Crippen LogP contribution is 2.48. The van der Waals surface area contributed by atoms with Gasteiger partial charge < -0.3 is 5.73 Å². The molecule has 0 saturated carbocycles. The second-order valence-electron chi connectivity index (χ2n) is 4.26. The third kappa shape index (κ3) is 0.959. The van der Waals surface area contributed by atoms with Crippen LogP contribution in [-0.4, -0.2) is 4.98 Å². The van der Waals surface area contributed by atoms with Gasteiger partial charge in [0.25, 0.3) is 0 Å². The molecule has 0 radical (unpaired) electrons. The number of nitrogens with two attached hydrogens (primary N) is 1. The van der Waals surface area contributed by atoms with Crippen LogP contribution in [0.25, 0.3) is 0 Å². The number of fused-ring (bicyclic) bond motifs is 1. The minimum absolute atomic E-state index is 0.296. The smallest absolute Gasteiger partial charge is 0.180 e. The predicted octanol–water partition coefficient (Wildman–Crippen LogP) is 2.51. The van der Waals surface area contributed by atoms with E-state index in [2.05, 4.69) is 25.8 Å². The molecular weight excluding hydrogens is 168 g/mol. The van der Waals surface area contributed by atoms with Crippen LogP contribution in [0, 0.1) is 0 Å². The molecule has 1 aliphatic carbocycles. The van der Waals surface area contributed by atoms with E-state index in [4.69, 9.17) is 5.73 Å². The lowest BCUT2D eigenvalue weighted by atomic mass is 9.91. The number of aromatic nitrogens is 1. The molecule has 1 aromatic rings. The summed E-state index contributed by atoms with van der Waals surface area (Å²) in [7, 11) is 0. The summed E-state index contributed by atoms with van der Waals surface area (Å²) in [6.07, 6.45) is 1.21. The van der Waals surface area contributed by atoms with Crippen molar-refractivity contribution < 1.29 is 0 Å². The average Bonchev–Trinajstić information content (AvgIpc) is 2.37. The van der Waals surface area contributed by atoms with Gasteiger partial charge in [-0.3, -0.25) is 0 Å². The normalized spacial score (nSPS) is 25.8. The van der Waals surface area contributed by atoms with Crippen molar-refractivity contribution in [3.63, 3.8) is 0 Å². The Morgan fingerprint density at radius 1 is 1.58 bits per heavy atom. The van der Waals surface area contributed by atoms with Crippen molar-refractivity contribution >= 4 is 16.5 Å². The number of anilines is 1. The third-order valence-electron chi connectivity index (χ3n) is 2.57. The van der Waals surface area contributed by atoms with Gasteiger partial charge in [0.1, 0.15) is 0 Å². The molecule has 1 heterocycles. The molecule has 1 aromatic heterocycles. The van der Waals surface area contributed by atoms with Gasteiger partial charge in [-0.2, -0.15) is 0 Å². The number of thiazole rings is 1. The Hall–Kier alpha value is -0.570. The van der Waals surface area contributed by atoms with Crippen LogP contribution < -0.4 is 5.73 Å². The van der Waals surface area contributed by atoms with E-state index in [1.165, 1.54) is 17.0 Å². The van der Waals surface area contributed by atoms with E-state index in [1.807, 2.05) is 0 Å². The van der Waals surface area contributed by atoms with Crippen molar-refractivity contribution in [2.75, 3.05) is 5.73 Å². The van der Waals surface area contributed by atoms with E-state index in [9.17, 15) is 0 Å². The molecule has 0 amide bonds. The molecule has 0 fully saturated rings. The molecule has 0 aliphatic heterocycles. The van der Waals surface area contributed by atoms with Crippen LogP contribution in [-0.2, 0) is 5.41 Å². The summed E-state index contributed by atoms with van der Waals surface area (Å²) in [5.41, 5.74) is 7.21. The second kappa shape index (κ2) is 2.22. The van der Waals surface area contributed by atoms with E-state index in [0.717, 1.165) is 5.13 Å². The lowest BCUT2D eigenvalue weighted by Gasteiger charge is -2.16. The number of rotatable bonds is 0. The molecule has 0 bridgehead atoms. The van der Waals surface area contributed by atoms with Gasteiger partial charge >= 0.3 is 0 Å². The fraction of sp³-hybridized carbons (Fsp3) is 0.667. The molecule has 0 aromatic carbocycles. The van der Waals surface area contributed by atoms with E-state index in [-0.39, 0.29) is 0 Å². The highest BCUT2D eigenvalue weighted by atomic mass is 32.1. The SMILES string of the molecule is CC1CC(C)(C)c2sc(N)nc21. The van der Waals surface area contributed by atoms with Gasteiger partial charge in [-0.1, -0.05) is 20.8 Å². The maximum absolute atomic E-state index is 5.68. The van der Waals surface area contributed by atoms with Gasteiger partial charge in [0.05, 0.1) is 5.69 Å². The molecule has 12 heavy (non-hydrogen) atoms. The van der Waals surface area contributed by atoms with Crippen LogP contribution in [0.3, 0.4) is 0 Å². The third-order valence-corrected chi connectivity index (χ3v) is 3.83. The Morgan fingerprint density at radius 2 is 2.25 bits per heavy atom. The Kier molecular flexibility index (Phi) is 1.49. The first-order valence-electron chi connectivity index (χ1n) is 4.27. The molecule has 1 atom stereocenters. The number of hydrogen-bond acceptors (Lipinski definition) is 3. The van der Waals surface area contributed by atoms with E-state index >= 15 is 0 Å². The molecule has 0 spiro atoms. The molecule has 3 heteroatoms. The molecular formula is C9H14N2S. The zero-order chi connectivity index (χ0) is 8.93. The minimum atomic E-state index is 0.296. The summed E-state index contributed by atoms with van der Waals surface area (Å²) in [4.78, 5) is 5.76. The van der Waals surface area contributed by atoms with Crippen molar-refractivity contribution in [3.05, 3.63) is 10.6 Å². The van der Waals surface area contributed by atoms with Crippen LogP contribution in [0.1, 0.15) is 43.7 Å². The summed E-state index contributed by atoms with van der Waals surface area (Å²) in [6.45, 7) is 6.77. The van der Waals surface area contributed by atoms with E-state index in [0.29, 0.717) is 11.3 Å². The summed E-state index contributed by atoms with van der Waals surface area (Å²) in [6, 6.07) is 0. The fourth-order valence-corrected chi connectivity index (χ4v) is 3.19. The number of hydrogen-bond donors (Lipinski definition) is 1. The Balaban J connectivity index is 2.56. The van der Waals surface area contributed by atoms with Crippen molar-refractivity contribution in [1.82, 2.24) is 4.98 Å². The number of nitrogens with zero attached hydrogens (tertiary/aromatic N) is 1. The predicted molar refractivity (Wildman–Crippen MR) is 52.6 cm³/mol. The van der Waals surface area contributed by atoms with Crippen LogP contribution >= 0.6 is 11.3 Å². The summed E-state index contributed by atoms with van der Waals surface area (Å²) < 4.78 is 0. The first-order valence-corrected chi connectivity index (χ1v) is 5.09. The Labute approximate surface area is 76.8 Å². The molecule has 2 rings (SSSR count). The highest BCUT2D eigenvalue weighted by Gasteiger charge is 2.37. The van der Waals surface area contributed by atoms with Gasteiger partial charge in [-0.25, -0.2) is 4.98 Å². The highest BCUT2D eigenvalue weighted by molar-refractivity contribution is 7.15. The topological polar surface area (TPSA) is 38.9 Å². The zero-order valence-electron chi connectivity index (χ0n) is 7.72. The lowest BCUT2D eigenvalue weighted by molar-refractivity contribution is 0.493. The monoisotopic (exact) mass is 182 g/mol. The zero-order valence-corrected chi connectivity index (χ0v) is 8.53. The molecule has 1 aliphatic rings. The van der Waals surface area contributed by atoms with Crippen LogP contribution in [0.2, 0.25) is 0 Å². The van der Waals surface area contributed by atoms with E-state index in [1.54, 1.807) is 11.3 Å². The minimum Gasteiger partial charge on any atom is -0.375 e. The molecule has 1 unspecified atom stereocenters. The summed E-state index contributed by atoms with van der Waals surface area (Å²) >= 11 is 1.65. The standard InChI is InChI=1S/C9H14N2S/c1-5-4-9(2,3)7-6(5)11-8(10)12-7/h5H,4H2,1-3H3,(H2,10,11). The van der Waals surface area contributed by atoms with Crippen molar-refractivity contribution in [1.29, 1.82) is 0 Å². The Morgan fingerprint density at radius 3 is 2.83 bits per heavy atom. The molecule has 2 nitrogen and oxygen atoms in total. The molecule has 0 saturated heterocycles. The maximum Gasteiger partial charge on any atom is 0.180 e. The average molecular weight is 182 g/mol. The van der Waals surface area contributed by atoms with Crippen LogP contribution in [0.5, 0.6) is 0 Å². The van der Waals surface area contributed by atoms with Crippen molar-refractivity contribution in [3.8, 4) is 0 Å². The van der Waals surface area contributed by atoms with E-state index < -0.39 is 0 Å². The second-order valence-corrected chi connectivity index (χ2v) is 5.29. The van der Waals surface area contributed by atoms with Crippen LogP contribution in [0.4, 0.5) is 5.13 Å². The molecule has 2 N–H and O–H groups in total. The number of nitrogen functional groups attached to an aromatic ring is 1. The summed E-state index contributed by atoms with van der Waals surface area (Å²) in [5.74, 6) is 0.587. The van der Waals surface area contributed by atoms with Crippen molar-refractivity contribution in [2.24, 2.45) is 0 Å². The first kappa shape index (κ1) is 8.05. The Bertz CT molecular complexity index is 314. The van der Waals surface area contributed by atoms with Gasteiger partial charge in [0.15, 0.2) is 5.13 Å². The quantitative estimate of drug-likeness (QED) is 0.669. The molecule has 66 valence electrons. The first-order chi connectivity index (χ1) is 5.50.